The minimum atomic E-state index is -0.746. The van der Waals surface area contributed by atoms with Crippen LogP contribution < -0.4 is 4.74 Å². The smallest absolute Gasteiger partial charge is 0.133 e. The van der Waals surface area contributed by atoms with Gasteiger partial charge in [0.05, 0.1) is 17.2 Å². The Morgan fingerprint density at radius 3 is 2.59 bits per heavy atom. The van der Waals surface area contributed by atoms with Crippen LogP contribution >= 0.6 is 15.9 Å². The molecule has 0 radical (unpaired) electrons. The molecule has 0 spiro atoms. The van der Waals surface area contributed by atoms with E-state index in [1.165, 1.54) is 0 Å². The number of methoxy groups -OCH3 is 2. The number of aliphatic hydroxyl groups is 1. The van der Waals surface area contributed by atoms with Crippen molar-refractivity contribution in [2.45, 2.75) is 25.4 Å². The van der Waals surface area contributed by atoms with Gasteiger partial charge in [0.25, 0.3) is 0 Å². The molecule has 3 nitrogen and oxygen atoms in total. The molecular formula is C13H19BrO3. The first-order chi connectivity index (χ1) is 7.98. The Hall–Kier alpha value is -0.580. The molecule has 96 valence electrons. The zero-order chi connectivity index (χ0) is 12.9. The van der Waals surface area contributed by atoms with Crippen LogP contribution in [0.15, 0.2) is 22.7 Å². The Morgan fingerprint density at radius 2 is 2.06 bits per heavy atom. The molecule has 0 aliphatic rings. The van der Waals surface area contributed by atoms with Crippen LogP contribution in [0.4, 0.5) is 0 Å². The molecule has 1 rings (SSSR count). The maximum atomic E-state index is 10.2. The lowest BCUT2D eigenvalue weighted by molar-refractivity contribution is 0.0249. The van der Waals surface area contributed by atoms with Gasteiger partial charge in [0.2, 0.25) is 0 Å². The number of halogens is 1. The summed E-state index contributed by atoms with van der Waals surface area (Å²) in [5.41, 5.74) is 0.322. The van der Waals surface area contributed by atoms with E-state index in [2.05, 4.69) is 15.9 Å². The van der Waals surface area contributed by atoms with Gasteiger partial charge < -0.3 is 14.6 Å². The normalized spacial score (nSPS) is 14.4. The maximum absolute atomic E-state index is 10.2. The third kappa shape index (κ3) is 4.66. The zero-order valence-electron chi connectivity index (χ0n) is 10.5. The van der Waals surface area contributed by atoms with E-state index in [1.54, 1.807) is 14.2 Å². The van der Waals surface area contributed by atoms with Gasteiger partial charge >= 0.3 is 0 Å². The number of hydrogen-bond acceptors (Lipinski definition) is 3. The summed E-state index contributed by atoms with van der Waals surface area (Å²) in [6, 6.07) is 5.83. The van der Waals surface area contributed by atoms with Crippen molar-refractivity contribution in [2.24, 2.45) is 0 Å². The van der Waals surface area contributed by atoms with Crippen molar-refractivity contribution in [2.75, 3.05) is 20.8 Å². The molecule has 0 saturated carbocycles. The Bertz CT molecular complexity index is 364. The third-order valence-electron chi connectivity index (χ3n) is 2.65. The minimum Gasteiger partial charge on any atom is -0.496 e. The lowest BCUT2D eigenvalue weighted by Gasteiger charge is -2.23. The molecule has 1 unspecified atom stereocenters. The summed E-state index contributed by atoms with van der Waals surface area (Å²) in [5.74, 6) is 0.797. The van der Waals surface area contributed by atoms with Crippen molar-refractivity contribution >= 4 is 15.9 Å². The molecule has 17 heavy (non-hydrogen) atoms. The van der Waals surface area contributed by atoms with Crippen molar-refractivity contribution in [3.8, 4) is 5.75 Å². The van der Waals surface area contributed by atoms with E-state index in [4.69, 9.17) is 9.47 Å². The first kappa shape index (κ1) is 14.5. The van der Waals surface area contributed by atoms with Crippen LogP contribution in [0, 0.1) is 0 Å². The van der Waals surface area contributed by atoms with E-state index in [0.717, 1.165) is 15.8 Å². The Labute approximate surface area is 111 Å². The molecule has 1 aromatic rings. The summed E-state index contributed by atoms with van der Waals surface area (Å²) in [7, 11) is 3.27. The molecular weight excluding hydrogens is 284 g/mol. The van der Waals surface area contributed by atoms with Gasteiger partial charge in [-0.15, -0.1) is 0 Å². The van der Waals surface area contributed by atoms with Crippen molar-refractivity contribution < 1.29 is 14.6 Å². The molecule has 0 aromatic heterocycles. The highest BCUT2D eigenvalue weighted by molar-refractivity contribution is 9.10. The van der Waals surface area contributed by atoms with Gasteiger partial charge in [0.1, 0.15) is 5.75 Å². The van der Waals surface area contributed by atoms with E-state index in [0.29, 0.717) is 19.4 Å². The lowest BCUT2D eigenvalue weighted by Crippen LogP contribution is -2.28. The fourth-order valence-electron chi connectivity index (χ4n) is 1.67. The first-order valence-corrected chi connectivity index (χ1v) is 6.31. The van der Waals surface area contributed by atoms with Crippen LogP contribution in [-0.2, 0) is 11.2 Å². The maximum Gasteiger partial charge on any atom is 0.133 e. The standard InChI is InChI=1S/C13H19BrO3/c1-13(15,6-7-16-2)9-10-4-5-12(17-3)11(14)8-10/h4-5,8,15H,6-7,9H2,1-3H3. The quantitative estimate of drug-likeness (QED) is 0.878. The summed E-state index contributed by atoms with van der Waals surface area (Å²) < 4.78 is 11.1. The molecule has 1 N–H and O–H groups in total. The molecule has 1 aromatic carbocycles. The molecule has 0 amide bonds. The SMILES string of the molecule is COCCC(C)(O)Cc1ccc(OC)c(Br)c1. The van der Waals surface area contributed by atoms with Crippen LogP contribution in [0.25, 0.3) is 0 Å². The predicted molar refractivity (Wildman–Crippen MR) is 71.5 cm³/mol. The van der Waals surface area contributed by atoms with Gasteiger partial charge in [-0.1, -0.05) is 6.07 Å². The van der Waals surface area contributed by atoms with Crippen molar-refractivity contribution in [3.05, 3.63) is 28.2 Å². The minimum absolute atomic E-state index is 0.560. The van der Waals surface area contributed by atoms with Crippen molar-refractivity contribution in [1.29, 1.82) is 0 Å². The third-order valence-corrected chi connectivity index (χ3v) is 3.27. The molecule has 0 saturated heterocycles. The highest BCUT2D eigenvalue weighted by atomic mass is 79.9. The van der Waals surface area contributed by atoms with Gasteiger partial charge in [0.15, 0.2) is 0 Å². The van der Waals surface area contributed by atoms with Crippen LogP contribution in [0.5, 0.6) is 5.75 Å². The second-order valence-corrected chi connectivity index (χ2v) is 5.24. The number of rotatable bonds is 6. The molecule has 4 heteroatoms. The van der Waals surface area contributed by atoms with E-state index in [1.807, 2.05) is 25.1 Å². The van der Waals surface area contributed by atoms with Crippen LogP contribution in [-0.4, -0.2) is 31.5 Å². The largest absolute Gasteiger partial charge is 0.496 e. The monoisotopic (exact) mass is 302 g/mol. The summed E-state index contributed by atoms with van der Waals surface area (Å²) >= 11 is 3.44. The summed E-state index contributed by atoms with van der Waals surface area (Å²) in [5, 5.41) is 10.2. The predicted octanol–water partition coefficient (Wildman–Crippen LogP) is 2.79. The number of ether oxygens (including phenoxy) is 2. The van der Waals surface area contributed by atoms with Gasteiger partial charge in [-0.25, -0.2) is 0 Å². The summed E-state index contributed by atoms with van der Waals surface area (Å²) in [6.07, 6.45) is 1.21. The number of hydrogen-bond donors (Lipinski definition) is 1. The second-order valence-electron chi connectivity index (χ2n) is 4.39. The fourth-order valence-corrected chi connectivity index (χ4v) is 2.26. The highest BCUT2D eigenvalue weighted by Crippen LogP contribution is 2.27. The van der Waals surface area contributed by atoms with Crippen LogP contribution in [0.2, 0.25) is 0 Å². The van der Waals surface area contributed by atoms with E-state index >= 15 is 0 Å². The Kier molecular flexibility index (Phi) is 5.43. The van der Waals surface area contributed by atoms with Gasteiger partial charge in [-0.2, -0.15) is 0 Å². The molecule has 0 heterocycles. The van der Waals surface area contributed by atoms with Crippen molar-refractivity contribution in [1.82, 2.24) is 0 Å². The van der Waals surface area contributed by atoms with E-state index in [-0.39, 0.29) is 0 Å². The van der Waals surface area contributed by atoms with Crippen LogP contribution in [0.1, 0.15) is 18.9 Å². The van der Waals surface area contributed by atoms with Gasteiger partial charge in [-0.05, 0) is 47.0 Å². The molecule has 0 fully saturated rings. The zero-order valence-corrected chi connectivity index (χ0v) is 12.1. The topological polar surface area (TPSA) is 38.7 Å². The first-order valence-electron chi connectivity index (χ1n) is 5.52. The number of benzene rings is 1. The highest BCUT2D eigenvalue weighted by Gasteiger charge is 2.20. The Balaban J connectivity index is 2.71. The van der Waals surface area contributed by atoms with Gasteiger partial charge in [-0.3, -0.25) is 0 Å². The fraction of sp³-hybridized carbons (Fsp3) is 0.538. The van der Waals surface area contributed by atoms with Gasteiger partial charge in [0, 0.05) is 20.1 Å². The summed E-state index contributed by atoms with van der Waals surface area (Å²) in [6.45, 7) is 2.38. The van der Waals surface area contributed by atoms with E-state index < -0.39 is 5.60 Å². The molecule has 1 atom stereocenters. The average molecular weight is 303 g/mol. The second kappa shape index (κ2) is 6.38. The summed E-state index contributed by atoms with van der Waals surface area (Å²) in [4.78, 5) is 0. The van der Waals surface area contributed by atoms with Crippen molar-refractivity contribution in [3.63, 3.8) is 0 Å². The molecule has 0 bridgehead atoms. The average Bonchev–Trinajstić information content (AvgIpc) is 2.26. The van der Waals surface area contributed by atoms with E-state index in [9.17, 15) is 5.11 Å². The molecule has 0 aliphatic heterocycles. The Morgan fingerprint density at radius 1 is 1.35 bits per heavy atom. The lowest BCUT2D eigenvalue weighted by atomic mass is 9.93. The molecule has 0 aliphatic carbocycles. The van der Waals surface area contributed by atoms with Crippen LogP contribution in [0.3, 0.4) is 0 Å².